The van der Waals surface area contributed by atoms with E-state index in [-0.39, 0.29) is 50.3 Å². The van der Waals surface area contributed by atoms with E-state index in [0.717, 1.165) is 44.9 Å². The van der Waals surface area contributed by atoms with E-state index < -0.39 is 28.7 Å². The van der Waals surface area contributed by atoms with Crippen LogP contribution in [0.2, 0.25) is 15.1 Å². The highest BCUT2D eigenvalue weighted by Gasteiger charge is 2.40. The molecular formula is C31H26Cl3FN2O9. The molecule has 0 N–H and O–H groups in total. The number of carbonyl (C=O) groups excluding carboxylic acids is 3. The van der Waals surface area contributed by atoms with Crippen LogP contribution < -0.4 is 14.4 Å². The van der Waals surface area contributed by atoms with Crippen LogP contribution in [-0.4, -0.2) is 36.1 Å². The molecule has 0 atom stereocenters. The molecule has 3 aromatic carbocycles. The van der Waals surface area contributed by atoms with Crippen molar-refractivity contribution in [3.63, 3.8) is 0 Å². The summed E-state index contributed by atoms with van der Waals surface area (Å²) in [5, 5.41) is 11.7. The smallest absolute Gasteiger partial charge is 0.427 e. The molecule has 3 aromatic rings. The molecule has 0 radical (unpaired) electrons. The molecular weight excluding hydrogens is 670 g/mol. The zero-order chi connectivity index (χ0) is 33.7. The van der Waals surface area contributed by atoms with Crippen molar-refractivity contribution in [1.82, 2.24) is 0 Å². The van der Waals surface area contributed by atoms with Gasteiger partial charge in [-0.2, -0.15) is 0 Å². The van der Waals surface area contributed by atoms with Crippen molar-refractivity contribution in [1.29, 1.82) is 0 Å². The van der Waals surface area contributed by atoms with E-state index in [2.05, 4.69) is 4.74 Å². The van der Waals surface area contributed by atoms with Gasteiger partial charge in [0.25, 0.3) is 5.69 Å². The Bertz CT molecular complexity index is 1740. The second kappa shape index (κ2) is 14.8. The Labute approximate surface area is 277 Å². The van der Waals surface area contributed by atoms with Crippen molar-refractivity contribution in [3.8, 4) is 17.2 Å². The fourth-order valence-corrected chi connectivity index (χ4v) is 5.19. The van der Waals surface area contributed by atoms with Crippen molar-refractivity contribution in [2.24, 2.45) is 0 Å². The Morgan fingerprint density at radius 1 is 1.00 bits per heavy atom. The number of hydrogen-bond acceptors (Lipinski definition) is 9. The van der Waals surface area contributed by atoms with Crippen LogP contribution in [-0.2, 0) is 14.3 Å². The number of benzene rings is 3. The Kier molecular flexibility index (Phi) is 11.1. The maximum absolute atomic E-state index is 14.3. The van der Waals surface area contributed by atoms with E-state index in [1.54, 1.807) is 26.0 Å². The summed E-state index contributed by atoms with van der Waals surface area (Å²) in [5.41, 5.74) is -0.275. The van der Waals surface area contributed by atoms with Crippen LogP contribution in [0, 0.1) is 15.9 Å². The quantitative estimate of drug-likeness (QED) is 0.103. The number of nitro groups is 1. The monoisotopic (exact) mass is 694 g/mol. The maximum Gasteiger partial charge on any atom is 0.427 e. The zero-order valence-electron chi connectivity index (χ0n) is 24.6. The summed E-state index contributed by atoms with van der Waals surface area (Å²) >= 11 is 17.8. The highest BCUT2D eigenvalue weighted by molar-refractivity contribution is 6.35. The molecule has 2 fully saturated rings. The fourth-order valence-electron chi connectivity index (χ4n) is 4.55. The maximum atomic E-state index is 14.3. The highest BCUT2D eigenvalue weighted by atomic mass is 35.5. The van der Waals surface area contributed by atoms with Gasteiger partial charge in [0.05, 0.1) is 33.9 Å². The summed E-state index contributed by atoms with van der Waals surface area (Å²) in [6.07, 6.45) is 3.00. The molecule has 1 aliphatic heterocycles. The van der Waals surface area contributed by atoms with Crippen molar-refractivity contribution < 1.29 is 42.6 Å². The summed E-state index contributed by atoms with van der Waals surface area (Å²) in [5.74, 6) is -1.66. The molecule has 1 heterocycles. The number of amides is 2. The molecule has 0 spiro atoms. The van der Waals surface area contributed by atoms with Gasteiger partial charge in [-0.15, -0.1) is 0 Å². The lowest BCUT2D eigenvalue weighted by atomic mass is 10.1. The van der Waals surface area contributed by atoms with Crippen LogP contribution in [0.1, 0.15) is 49.9 Å². The summed E-state index contributed by atoms with van der Waals surface area (Å²) in [4.78, 5) is 46.9. The number of imide groups is 1. The predicted octanol–water partition coefficient (Wildman–Crippen LogP) is 9.06. The first kappa shape index (κ1) is 34.5. The SMILES string of the molecule is CC(C)=C1OC(=O)N(c2cc(OC3CCCC3)c(Cl)cc2F)C1=O.COC(=O)c1cc(Oc2ccc(Cl)cc2Cl)ccc1[N+](=O)[O-]. The molecule has 5 rings (SSSR count). The minimum Gasteiger partial charge on any atom is -0.489 e. The number of methoxy groups -OCH3 is 1. The topological polar surface area (TPSA) is 135 Å². The largest absolute Gasteiger partial charge is 0.489 e. The number of hydrogen-bond donors (Lipinski definition) is 0. The lowest BCUT2D eigenvalue weighted by molar-refractivity contribution is -0.385. The lowest BCUT2D eigenvalue weighted by Crippen LogP contribution is -2.29. The number of ether oxygens (including phenoxy) is 4. The van der Waals surface area contributed by atoms with Crippen molar-refractivity contribution in [2.45, 2.75) is 45.6 Å². The van der Waals surface area contributed by atoms with Gasteiger partial charge in [-0.1, -0.05) is 34.8 Å². The number of allylic oxidation sites excluding steroid dienone is 1. The van der Waals surface area contributed by atoms with E-state index in [1.807, 2.05) is 0 Å². The second-order valence-electron chi connectivity index (χ2n) is 10.2. The highest BCUT2D eigenvalue weighted by Crippen LogP contribution is 2.38. The minimum absolute atomic E-state index is 0.00962. The van der Waals surface area contributed by atoms with Gasteiger partial charge < -0.3 is 18.9 Å². The van der Waals surface area contributed by atoms with Gasteiger partial charge >= 0.3 is 18.0 Å². The molecule has 11 nitrogen and oxygen atoms in total. The number of nitrogens with zero attached hydrogens (tertiary/aromatic N) is 2. The number of anilines is 1. The van der Waals surface area contributed by atoms with Gasteiger partial charge in [0.2, 0.25) is 0 Å². The molecule has 1 saturated heterocycles. The van der Waals surface area contributed by atoms with Crippen LogP contribution in [0.15, 0.2) is 59.9 Å². The van der Waals surface area contributed by atoms with E-state index in [4.69, 9.17) is 49.0 Å². The first-order valence-electron chi connectivity index (χ1n) is 13.7. The Morgan fingerprint density at radius 3 is 2.26 bits per heavy atom. The molecule has 0 bridgehead atoms. The first-order valence-corrected chi connectivity index (χ1v) is 14.8. The van der Waals surface area contributed by atoms with Crippen LogP contribution in [0.25, 0.3) is 0 Å². The molecule has 15 heteroatoms. The van der Waals surface area contributed by atoms with E-state index in [1.165, 1.54) is 24.3 Å². The van der Waals surface area contributed by atoms with Crippen LogP contribution in [0.4, 0.5) is 20.6 Å². The lowest BCUT2D eigenvalue weighted by Gasteiger charge is -2.18. The fraction of sp³-hybridized carbons (Fsp3) is 0.258. The van der Waals surface area contributed by atoms with Crippen molar-refractivity contribution >= 4 is 64.1 Å². The van der Waals surface area contributed by atoms with Gasteiger partial charge in [-0.25, -0.2) is 18.9 Å². The molecule has 0 aromatic heterocycles. The predicted molar refractivity (Wildman–Crippen MR) is 168 cm³/mol. The second-order valence-corrected chi connectivity index (χ2v) is 11.5. The van der Waals surface area contributed by atoms with Gasteiger partial charge in [0.1, 0.15) is 28.6 Å². The summed E-state index contributed by atoms with van der Waals surface area (Å²) < 4.78 is 35.1. The molecule has 46 heavy (non-hydrogen) atoms. The summed E-state index contributed by atoms with van der Waals surface area (Å²) in [6, 6.07) is 10.7. The van der Waals surface area contributed by atoms with E-state index in [0.29, 0.717) is 21.2 Å². The minimum atomic E-state index is -0.941. The van der Waals surface area contributed by atoms with Gasteiger partial charge in [-0.05, 0) is 75.4 Å². The number of carbonyl (C=O) groups is 3. The summed E-state index contributed by atoms with van der Waals surface area (Å²) in [6.45, 7) is 3.27. The van der Waals surface area contributed by atoms with Gasteiger partial charge in [0.15, 0.2) is 5.76 Å². The number of cyclic esters (lactones) is 1. The van der Waals surface area contributed by atoms with E-state index >= 15 is 0 Å². The third-order valence-electron chi connectivity index (χ3n) is 6.75. The third-order valence-corrected chi connectivity index (χ3v) is 7.58. The van der Waals surface area contributed by atoms with Crippen molar-refractivity contribution in [3.05, 3.63) is 96.4 Å². The Balaban J connectivity index is 0.000000210. The number of halogens is 4. The van der Waals surface area contributed by atoms with Crippen LogP contribution in [0.5, 0.6) is 17.2 Å². The molecule has 2 amide bonds. The first-order chi connectivity index (χ1) is 21.8. The van der Waals surface area contributed by atoms with Gasteiger partial charge in [0, 0.05) is 23.2 Å². The number of nitro benzene ring substituents is 1. The van der Waals surface area contributed by atoms with Crippen LogP contribution >= 0.6 is 34.8 Å². The number of esters is 1. The molecule has 0 unspecified atom stereocenters. The van der Waals surface area contributed by atoms with Crippen LogP contribution in [0.3, 0.4) is 0 Å². The third kappa shape index (κ3) is 7.87. The molecule has 1 aliphatic carbocycles. The Morgan fingerprint density at radius 2 is 1.67 bits per heavy atom. The van der Waals surface area contributed by atoms with Crippen molar-refractivity contribution in [2.75, 3.05) is 12.0 Å². The average Bonchev–Trinajstić information content (AvgIpc) is 3.62. The normalized spacial score (nSPS) is 14.4. The Hall–Kier alpha value is -4.39. The zero-order valence-corrected chi connectivity index (χ0v) is 26.9. The van der Waals surface area contributed by atoms with Gasteiger partial charge in [-0.3, -0.25) is 14.9 Å². The number of rotatable bonds is 7. The molecule has 242 valence electrons. The standard InChI is InChI=1S/C17H17ClFNO4.C14H9Cl2NO5/c1-9(2)15-16(21)20(17(22)24-15)13-8-14(11(18)7-12(13)19)23-10-5-3-4-6-10;1-21-14(18)10-7-9(3-4-12(10)17(19)20)22-13-5-2-8(15)6-11(13)16/h7-8,10H,3-6H2,1-2H3;2-7H,1H3. The average molecular weight is 696 g/mol. The molecule has 2 aliphatic rings. The summed E-state index contributed by atoms with van der Waals surface area (Å²) in [7, 11) is 1.13. The van der Waals surface area contributed by atoms with E-state index in [9.17, 15) is 28.9 Å². The molecule has 1 saturated carbocycles.